The first-order valence-corrected chi connectivity index (χ1v) is 12.7. The summed E-state index contributed by atoms with van der Waals surface area (Å²) in [5, 5.41) is 18.9. The average Bonchev–Trinajstić information content (AvgIpc) is 2.92. The highest BCUT2D eigenvalue weighted by Crippen LogP contribution is 2.28. The van der Waals surface area contributed by atoms with E-state index in [1.54, 1.807) is 18.2 Å². The molecule has 0 aliphatic carbocycles. The van der Waals surface area contributed by atoms with Gasteiger partial charge in [-0.05, 0) is 61.0 Å². The standard InChI is InChI=1S/C27H23BrFN5O5/c1-3-16(2)26-32-22-10-5-18(28)13-21(22)27(36)33(26)30-14-17-4-11-24(23(12-17)34(37)38)39-15-25(35)31-20-8-6-19(29)7-9-20/h4-14,16H,3,15H2,1-2H3,(H,31,35)/t16-/m0/s1. The minimum Gasteiger partial charge on any atom is -0.477 e. The minimum absolute atomic E-state index is 0.0749. The fourth-order valence-corrected chi connectivity index (χ4v) is 4.02. The van der Waals surface area contributed by atoms with Crippen LogP contribution in [0.5, 0.6) is 5.75 Å². The SMILES string of the molecule is CC[C@H](C)c1nc2ccc(Br)cc2c(=O)n1N=Cc1ccc(OCC(=O)Nc2ccc(F)cc2)c([N+](=O)[O-])c1. The first-order chi connectivity index (χ1) is 18.7. The molecule has 4 aromatic rings. The van der Waals surface area contributed by atoms with E-state index < -0.39 is 23.3 Å². The maximum absolute atomic E-state index is 13.3. The number of anilines is 1. The highest BCUT2D eigenvalue weighted by Gasteiger charge is 2.18. The van der Waals surface area contributed by atoms with Gasteiger partial charge in [-0.3, -0.25) is 19.7 Å². The Hall–Kier alpha value is -4.45. The number of hydrogen-bond acceptors (Lipinski definition) is 7. The van der Waals surface area contributed by atoms with Gasteiger partial charge in [-0.2, -0.15) is 9.78 Å². The lowest BCUT2D eigenvalue weighted by atomic mass is 10.1. The first kappa shape index (κ1) is 27.6. The zero-order valence-electron chi connectivity index (χ0n) is 20.9. The number of fused-ring (bicyclic) bond motifs is 1. The van der Waals surface area contributed by atoms with E-state index in [2.05, 4.69) is 31.3 Å². The number of halogens is 2. The van der Waals surface area contributed by atoms with Crippen LogP contribution >= 0.6 is 15.9 Å². The number of benzene rings is 3. The van der Waals surface area contributed by atoms with Gasteiger partial charge >= 0.3 is 5.69 Å². The highest BCUT2D eigenvalue weighted by atomic mass is 79.9. The first-order valence-electron chi connectivity index (χ1n) is 11.9. The predicted octanol–water partition coefficient (Wildman–Crippen LogP) is 5.62. The van der Waals surface area contributed by atoms with E-state index in [9.17, 15) is 24.1 Å². The molecule has 1 heterocycles. The zero-order chi connectivity index (χ0) is 28.1. The Labute approximate surface area is 230 Å². The summed E-state index contributed by atoms with van der Waals surface area (Å²) >= 11 is 3.37. The summed E-state index contributed by atoms with van der Waals surface area (Å²) in [4.78, 5) is 41.1. The van der Waals surface area contributed by atoms with Crippen LogP contribution in [0.15, 0.2) is 75.0 Å². The van der Waals surface area contributed by atoms with Crippen molar-refractivity contribution >= 4 is 50.3 Å². The molecule has 0 spiro atoms. The lowest BCUT2D eigenvalue weighted by molar-refractivity contribution is -0.385. The van der Waals surface area contributed by atoms with Gasteiger partial charge < -0.3 is 10.1 Å². The Bertz CT molecular complexity index is 1640. The molecule has 0 radical (unpaired) electrons. The second-order valence-electron chi connectivity index (χ2n) is 8.63. The van der Waals surface area contributed by atoms with Crippen LogP contribution in [0.1, 0.15) is 37.6 Å². The highest BCUT2D eigenvalue weighted by molar-refractivity contribution is 9.10. The van der Waals surface area contributed by atoms with E-state index in [1.807, 2.05) is 13.8 Å². The topological polar surface area (TPSA) is 129 Å². The second kappa shape index (κ2) is 11.9. The van der Waals surface area contributed by atoms with Crippen molar-refractivity contribution in [3.05, 3.63) is 103 Å². The molecule has 1 N–H and O–H groups in total. The van der Waals surface area contributed by atoms with Crippen LogP contribution in [0.4, 0.5) is 15.8 Å². The summed E-state index contributed by atoms with van der Waals surface area (Å²) < 4.78 is 20.3. The van der Waals surface area contributed by atoms with E-state index in [0.717, 1.165) is 10.9 Å². The maximum atomic E-state index is 13.3. The molecule has 0 saturated carbocycles. The third-order valence-corrected chi connectivity index (χ3v) is 6.37. The van der Waals surface area contributed by atoms with Gasteiger partial charge in [0.15, 0.2) is 12.4 Å². The van der Waals surface area contributed by atoms with Gasteiger partial charge in [0.1, 0.15) is 11.6 Å². The molecule has 0 aliphatic rings. The van der Waals surface area contributed by atoms with Crippen molar-refractivity contribution in [1.29, 1.82) is 0 Å². The van der Waals surface area contributed by atoms with E-state index in [0.29, 0.717) is 28.0 Å². The van der Waals surface area contributed by atoms with E-state index >= 15 is 0 Å². The summed E-state index contributed by atoms with van der Waals surface area (Å²) in [5.41, 5.74) is 0.485. The van der Waals surface area contributed by atoms with Gasteiger partial charge in [0, 0.05) is 27.7 Å². The monoisotopic (exact) mass is 595 g/mol. The molecule has 0 bridgehead atoms. The Morgan fingerprint density at radius 1 is 1.23 bits per heavy atom. The molecule has 0 unspecified atom stereocenters. The van der Waals surface area contributed by atoms with Gasteiger partial charge in [-0.1, -0.05) is 29.8 Å². The Kier molecular flexibility index (Phi) is 8.45. The summed E-state index contributed by atoms with van der Waals surface area (Å²) in [6.45, 7) is 3.40. The summed E-state index contributed by atoms with van der Waals surface area (Å²) in [7, 11) is 0. The van der Waals surface area contributed by atoms with Gasteiger partial charge in [-0.15, -0.1) is 0 Å². The number of ether oxygens (including phenoxy) is 1. The second-order valence-corrected chi connectivity index (χ2v) is 9.55. The van der Waals surface area contributed by atoms with Crippen LogP contribution in [-0.2, 0) is 4.79 Å². The van der Waals surface area contributed by atoms with Gasteiger partial charge in [0.2, 0.25) is 0 Å². The molecule has 12 heteroatoms. The van der Waals surface area contributed by atoms with Gasteiger partial charge in [-0.25, -0.2) is 9.37 Å². The third kappa shape index (κ3) is 6.52. The largest absolute Gasteiger partial charge is 0.477 e. The zero-order valence-corrected chi connectivity index (χ0v) is 22.5. The lowest BCUT2D eigenvalue weighted by Gasteiger charge is -2.14. The average molecular weight is 596 g/mol. The van der Waals surface area contributed by atoms with Crippen molar-refractivity contribution in [1.82, 2.24) is 9.66 Å². The minimum atomic E-state index is -0.642. The fraction of sp³-hybridized carbons (Fsp3) is 0.185. The van der Waals surface area contributed by atoms with Crippen LogP contribution in [0, 0.1) is 15.9 Å². The molecule has 0 aliphatic heterocycles. The Morgan fingerprint density at radius 2 is 1.97 bits per heavy atom. The van der Waals surface area contributed by atoms with Crippen LogP contribution in [0.3, 0.4) is 0 Å². The number of carbonyl (C=O) groups excluding carboxylic acids is 1. The number of rotatable bonds is 9. The van der Waals surface area contributed by atoms with E-state index in [1.165, 1.54) is 53.4 Å². The van der Waals surface area contributed by atoms with Crippen molar-refractivity contribution < 1.29 is 18.8 Å². The number of nitro groups is 1. The molecule has 1 amide bonds. The smallest absolute Gasteiger partial charge is 0.311 e. The Balaban J connectivity index is 1.59. The quantitative estimate of drug-likeness (QED) is 0.152. The summed E-state index contributed by atoms with van der Waals surface area (Å²) in [6, 6.07) is 14.5. The number of nitrogens with zero attached hydrogens (tertiary/aromatic N) is 4. The van der Waals surface area contributed by atoms with Crippen LogP contribution in [0.25, 0.3) is 10.9 Å². The number of nitrogens with one attached hydrogen (secondary N) is 1. The molecule has 1 aromatic heterocycles. The number of aromatic nitrogens is 2. The third-order valence-electron chi connectivity index (χ3n) is 5.88. The number of amides is 1. The van der Waals surface area contributed by atoms with Crippen molar-refractivity contribution in [2.75, 3.05) is 11.9 Å². The molecular formula is C27H23BrFN5O5. The maximum Gasteiger partial charge on any atom is 0.311 e. The summed E-state index contributed by atoms with van der Waals surface area (Å²) in [6.07, 6.45) is 2.05. The molecule has 10 nitrogen and oxygen atoms in total. The van der Waals surface area contributed by atoms with Crippen molar-refractivity contribution in [3.8, 4) is 5.75 Å². The normalized spacial score (nSPS) is 12.0. The Morgan fingerprint density at radius 3 is 2.67 bits per heavy atom. The molecule has 1 atom stereocenters. The molecule has 0 saturated heterocycles. The van der Waals surface area contributed by atoms with E-state index in [-0.39, 0.29) is 22.9 Å². The van der Waals surface area contributed by atoms with Gasteiger partial charge in [0.05, 0.1) is 22.0 Å². The molecule has 4 rings (SSSR count). The van der Waals surface area contributed by atoms with Crippen molar-refractivity contribution in [2.24, 2.45) is 5.10 Å². The molecule has 39 heavy (non-hydrogen) atoms. The number of carbonyl (C=O) groups is 1. The fourth-order valence-electron chi connectivity index (χ4n) is 3.66. The molecule has 3 aromatic carbocycles. The summed E-state index contributed by atoms with van der Waals surface area (Å²) in [5.74, 6) is -0.756. The van der Waals surface area contributed by atoms with Crippen molar-refractivity contribution in [3.63, 3.8) is 0 Å². The van der Waals surface area contributed by atoms with Crippen LogP contribution in [-0.4, -0.2) is 33.3 Å². The van der Waals surface area contributed by atoms with Crippen LogP contribution in [0.2, 0.25) is 0 Å². The van der Waals surface area contributed by atoms with E-state index in [4.69, 9.17) is 4.74 Å². The molecule has 0 fully saturated rings. The predicted molar refractivity (Wildman–Crippen MR) is 149 cm³/mol. The lowest BCUT2D eigenvalue weighted by Crippen LogP contribution is -2.23. The number of hydrogen-bond donors (Lipinski definition) is 1. The van der Waals surface area contributed by atoms with Crippen molar-refractivity contribution in [2.45, 2.75) is 26.2 Å². The molecule has 200 valence electrons. The van der Waals surface area contributed by atoms with Gasteiger partial charge in [0.25, 0.3) is 11.5 Å². The number of nitro benzene ring substituents is 1. The van der Waals surface area contributed by atoms with Crippen LogP contribution < -0.4 is 15.6 Å². The molecular weight excluding hydrogens is 573 g/mol.